The summed E-state index contributed by atoms with van der Waals surface area (Å²) in [7, 11) is 0.476. The Kier molecular flexibility index (Phi) is 4.99. The van der Waals surface area contributed by atoms with Crippen LogP contribution >= 0.6 is 0 Å². The summed E-state index contributed by atoms with van der Waals surface area (Å²) in [5, 5.41) is 2.19. The predicted octanol–water partition coefficient (Wildman–Crippen LogP) is 2.63. The van der Waals surface area contributed by atoms with Crippen molar-refractivity contribution in [3.05, 3.63) is 42.0 Å². The summed E-state index contributed by atoms with van der Waals surface area (Å²) in [4.78, 5) is 14.1. The lowest BCUT2D eigenvalue weighted by Gasteiger charge is -2.19. The molecule has 2 aromatic carbocycles. The Balaban J connectivity index is 1.64. The van der Waals surface area contributed by atoms with Crippen molar-refractivity contribution in [2.24, 2.45) is 5.92 Å². The fourth-order valence-corrected chi connectivity index (χ4v) is 5.16. The summed E-state index contributed by atoms with van der Waals surface area (Å²) in [6.45, 7) is 0.514. The first-order chi connectivity index (χ1) is 11.9. The third-order valence-corrected chi connectivity index (χ3v) is 6.58. The first kappa shape index (κ1) is 17.7. The number of methoxy groups -OCH3 is 1. The number of benzene rings is 2. The number of hydrogen-bond acceptors (Lipinski definition) is 4. The Morgan fingerprint density at radius 3 is 2.60 bits per heavy atom. The Labute approximate surface area is 148 Å². The van der Waals surface area contributed by atoms with Crippen LogP contribution in [-0.2, 0) is 21.2 Å². The molecule has 1 aliphatic heterocycles. The minimum absolute atomic E-state index is 0.00284. The lowest BCUT2D eigenvalue weighted by molar-refractivity contribution is -0.131. The molecule has 3 rings (SSSR count). The second kappa shape index (κ2) is 7.04. The standard InChI is InChI=1S/C19H23NO4S/c1-20(19(21)10-15-7-8-25(22,23)13-15)12-14-3-4-17-11-18(24-2)6-5-16(17)9-14/h3-6,9,11,15H,7-8,10,12-13H2,1-2H3/t15-/m1/s1. The van der Waals surface area contributed by atoms with Gasteiger partial charge >= 0.3 is 0 Å². The van der Waals surface area contributed by atoms with E-state index < -0.39 is 9.84 Å². The quantitative estimate of drug-likeness (QED) is 0.821. The molecule has 134 valence electrons. The number of nitrogens with zero attached hydrogens (tertiary/aromatic N) is 1. The van der Waals surface area contributed by atoms with Gasteiger partial charge < -0.3 is 9.64 Å². The summed E-state index contributed by atoms with van der Waals surface area (Å²) >= 11 is 0. The highest BCUT2D eigenvalue weighted by atomic mass is 32.2. The van der Waals surface area contributed by atoms with E-state index in [1.54, 1.807) is 19.1 Å². The van der Waals surface area contributed by atoms with Crippen molar-refractivity contribution >= 4 is 26.5 Å². The zero-order valence-corrected chi connectivity index (χ0v) is 15.4. The monoisotopic (exact) mass is 361 g/mol. The number of fused-ring (bicyclic) bond motifs is 1. The fraction of sp³-hybridized carbons (Fsp3) is 0.421. The maximum absolute atomic E-state index is 12.4. The first-order valence-corrected chi connectivity index (χ1v) is 10.2. The molecule has 2 aromatic rings. The van der Waals surface area contributed by atoms with E-state index in [0.29, 0.717) is 19.4 Å². The molecule has 1 fully saturated rings. The maximum atomic E-state index is 12.4. The van der Waals surface area contributed by atoms with Gasteiger partial charge in [-0.15, -0.1) is 0 Å². The number of sulfone groups is 1. The van der Waals surface area contributed by atoms with E-state index >= 15 is 0 Å². The molecular weight excluding hydrogens is 338 g/mol. The van der Waals surface area contributed by atoms with Crippen molar-refractivity contribution in [2.45, 2.75) is 19.4 Å². The van der Waals surface area contributed by atoms with Gasteiger partial charge in [-0.2, -0.15) is 0 Å². The van der Waals surface area contributed by atoms with Gasteiger partial charge in [0.25, 0.3) is 0 Å². The molecule has 0 aromatic heterocycles. The third-order valence-electron chi connectivity index (χ3n) is 4.75. The van der Waals surface area contributed by atoms with E-state index in [2.05, 4.69) is 6.07 Å². The molecule has 0 radical (unpaired) electrons. The van der Waals surface area contributed by atoms with Crippen LogP contribution < -0.4 is 4.74 Å². The normalized spacial score (nSPS) is 19.0. The summed E-state index contributed by atoms with van der Waals surface area (Å²) in [6, 6.07) is 12.0. The van der Waals surface area contributed by atoms with Crippen molar-refractivity contribution < 1.29 is 17.9 Å². The molecule has 0 aliphatic carbocycles. The summed E-state index contributed by atoms with van der Waals surface area (Å²) < 4.78 is 28.3. The van der Waals surface area contributed by atoms with Gasteiger partial charge in [0.2, 0.25) is 5.91 Å². The number of carbonyl (C=O) groups excluding carboxylic acids is 1. The molecule has 5 nitrogen and oxygen atoms in total. The Bertz CT molecular complexity index is 891. The van der Waals surface area contributed by atoms with Gasteiger partial charge in [-0.1, -0.05) is 18.2 Å². The molecule has 0 spiro atoms. The largest absolute Gasteiger partial charge is 0.497 e. The molecular formula is C19H23NO4S. The molecule has 0 unspecified atom stereocenters. The van der Waals surface area contributed by atoms with E-state index in [9.17, 15) is 13.2 Å². The lowest BCUT2D eigenvalue weighted by atomic mass is 10.0. The van der Waals surface area contributed by atoms with Crippen molar-refractivity contribution in [3.8, 4) is 5.75 Å². The van der Waals surface area contributed by atoms with Crippen LogP contribution in [0.25, 0.3) is 10.8 Å². The summed E-state index contributed by atoms with van der Waals surface area (Å²) in [5.41, 5.74) is 1.05. The molecule has 0 N–H and O–H groups in total. The highest BCUT2D eigenvalue weighted by Crippen LogP contribution is 2.24. The number of carbonyl (C=O) groups is 1. The average Bonchev–Trinajstić information content (AvgIpc) is 2.92. The van der Waals surface area contributed by atoms with Crippen LogP contribution in [0, 0.1) is 5.92 Å². The van der Waals surface area contributed by atoms with Crippen molar-refractivity contribution in [1.82, 2.24) is 4.90 Å². The van der Waals surface area contributed by atoms with Crippen LogP contribution in [0.4, 0.5) is 0 Å². The molecule has 1 heterocycles. The Morgan fingerprint density at radius 1 is 1.20 bits per heavy atom. The highest BCUT2D eigenvalue weighted by Gasteiger charge is 2.30. The van der Waals surface area contributed by atoms with Gasteiger partial charge in [-0.25, -0.2) is 8.42 Å². The number of rotatable bonds is 5. The second-order valence-electron chi connectivity index (χ2n) is 6.77. The minimum Gasteiger partial charge on any atom is -0.497 e. The Hall–Kier alpha value is -2.08. The van der Waals surface area contributed by atoms with Crippen LogP contribution in [0.3, 0.4) is 0 Å². The molecule has 6 heteroatoms. The average molecular weight is 361 g/mol. The van der Waals surface area contributed by atoms with Crippen LogP contribution in [0.15, 0.2) is 36.4 Å². The zero-order chi connectivity index (χ0) is 18.0. The van der Waals surface area contributed by atoms with Gasteiger partial charge in [0.1, 0.15) is 5.75 Å². The van der Waals surface area contributed by atoms with Gasteiger partial charge in [0.15, 0.2) is 9.84 Å². The van der Waals surface area contributed by atoms with E-state index in [1.165, 1.54) is 0 Å². The van der Waals surface area contributed by atoms with Crippen LogP contribution in [0.2, 0.25) is 0 Å². The molecule has 25 heavy (non-hydrogen) atoms. The number of ether oxygens (including phenoxy) is 1. The van der Waals surface area contributed by atoms with E-state index in [1.807, 2.05) is 30.3 Å². The van der Waals surface area contributed by atoms with Crippen LogP contribution in [0.1, 0.15) is 18.4 Å². The summed E-state index contributed by atoms with van der Waals surface area (Å²) in [5.74, 6) is 1.13. The fourth-order valence-electron chi connectivity index (χ4n) is 3.30. The number of hydrogen-bond donors (Lipinski definition) is 0. The SMILES string of the molecule is COc1ccc2cc(CN(C)C(=O)C[C@H]3CCS(=O)(=O)C3)ccc2c1. The van der Waals surface area contributed by atoms with Gasteiger partial charge in [0.05, 0.1) is 18.6 Å². The third kappa shape index (κ3) is 4.31. The summed E-state index contributed by atoms with van der Waals surface area (Å²) in [6.07, 6.45) is 0.903. The van der Waals surface area contributed by atoms with Crippen molar-refractivity contribution in [3.63, 3.8) is 0 Å². The second-order valence-corrected chi connectivity index (χ2v) is 9.00. The van der Waals surface area contributed by atoms with Gasteiger partial charge in [-0.05, 0) is 46.9 Å². The molecule has 0 bridgehead atoms. The maximum Gasteiger partial charge on any atom is 0.222 e. The van der Waals surface area contributed by atoms with Crippen molar-refractivity contribution in [1.29, 1.82) is 0 Å². The minimum atomic E-state index is -2.94. The van der Waals surface area contributed by atoms with E-state index in [-0.39, 0.29) is 23.3 Å². The first-order valence-electron chi connectivity index (χ1n) is 8.37. The van der Waals surface area contributed by atoms with Crippen molar-refractivity contribution in [2.75, 3.05) is 25.7 Å². The lowest BCUT2D eigenvalue weighted by Crippen LogP contribution is -2.28. The molecule has 1 aliphatic rings. The smallest absolute Gasteiger partial charge is 0.222 e. The molecule has 1 saturated heterocycles. The molecule has 1 amide bonds. The van der Waals surface area contributed by atoms with Crippen LogP contribution in [0.5, 0.6) is 5.75 Å². The Morgan fingerprint density at radius 2 is 1.92 bits per heavy atom. The molecule has 1 atom stereocenters. The topological polar surface area (TPSA) is 63.7 Å². The van der Waals surface area contributed by atoms with Crippen LogP contribution in [-0.4, -0.2) is 44.9 Å². The molecule has 0 saturated carbocycles. The van der Waals surface area contributed by atoms with Gasteiger partial charge in [-0.3, -0.25) is 4.79 Å². The predicted molar refractivity (Wildman–Crippen MR) is 98.4 cm³/mol. The number of amides is 1. The zero-order valence-electron chi connectivity index (χ0n) is 14.6. The van der Waals surface area contributed by atoms with Gasteiger partial charge in [0, 0.05) is 20.0 Å². The van der Waals surface area contributed by atoms with E-state index in [0.717, 1.165) is 22.1 Å². The highest BCUT2D eigenvalue weighted by molar-refractivity contribution is 7.91. The van der Waals surface area contributed by atoms with E-state index in [4.69, 9.17) is 4.74 Å².